The Kier molecular flexibility index (Phi) is 5.15. The lowest BCUT2D eigenvalue weighted by Crippen LogP contribution is -2.31. The third kappa shape index (κ3) is 4.92. The summed E-state index contributed by atoms with van der Waals surface area (Å²) in [5, 5.41) is 0. The number of rotatable bonds is 7. The van der Waals surface area contributed by atoms with Gasteiger partial charge < -0.3 is 4.42 Å². The molecule has 1 N–H and O–H groups in total. The van der Waals surface area contributed by atoms with E-state index in [1.807, 2.05) is 42.5 Å². The maximum absolute atomic E-state index is 12.2. The van der Waals surface area contributed by atoms with Crippen LogP contribution in [0.25, 0.3) is 0 Å². The van der Waals surface area contributed by atoms with Crippen molar-refractivity contribution in [2.75, 3.05) is 19.6 Å². The maximum atomic E-state index is 12.2. The quantitative estimate of drug-likeness (QED) is 0.843. The molecule has 1 aliphatic rings. The minimum atomic E-state index is -3.28. The molecule has 3 rings (SSSR count). The largest absolute Gasteiger partial charge is 0.468 e. The summed E-state index contributed by atoms with van der Waals surface area (Å²) >= 11 is 0. The first-order valence-corrected chi connectivity index (χ1v) is 9.52. The molecule has 0 radical (unpaired) electrons. The smallest absolute Gasteiger partial charge is 0.215 e. The van der Waals surface area contributed by atoms with Crippen LogP contribution in [0.15, 0.2) is 53.1 Å². The third-order valence-corrected chi connectivity index (χ3v) is 5.44. The molecule has 0 saturated carbocycles. The zero-order valence-electron chi connectivity index (χ0n) is 13.0. The fourth-order valence-corrected chi connectivity index (χ4v) is 4.16. The van der Waals surface area contributed by atoms with Crippen LogP contribution in [-0.2, 0) is 22.3 Å². The van der Waals surface area contributed by atoms with Gasteiger partial charge in [-0.15, -0.1) is 0 Å². The molecule has 0 spiro atoms. The summed E-state index contributed by atoms with van der Waals surface area (Å²) in [6.07, 6.45) is 2.69. The van der Waals surface area contributed by atoms with Gasteiger partial charge in [0.1, 0.15) is 5.76 Å². The molecular formula is C17H22N2O3S. The van der Waals surface area contributed by atoms with Crippen molar-refractivity contribution >= 4 is 10.0 Å². The standard InChI is InChI=1S/C17H22N2O3S/c20-23(21,14-15-5-2-1-3-6-15)18-11-16-8-9-19(12-16)13-17-7-4-10-22-17/h1-7,10,16,18H,8-9,11-14H2/t16-/m1/s1. The Bertz CT molecular complexity index is 699. The van der Waals surface area contributed by atoms with Gasteiger partial charge in [-0.25, -0.2) is 13.1 Å². The molecule has 0 bridgehead atoms. The average Bonchev–Trinajstić information content (AvgIpc) is 3.18. The van der Waals surface area contributed by atoms with Crippen molar-refractivity contribution in [1.82, 2.24) is 9.62 Å². The first kappa shape index (κ1) is 16.2. The summed E-state index contributed by atoms with van der Waals surface area (Å²) < 4.78 is 32.4. The van der Waals surface area contributed by atoms with E-state index in [9.17, 15) is 8.42 Å². The summed E-state index contributed by atoms with van der Waals surface area (Å²) in [5.41, 5.74) is 0.811. The van der Waals surface area contributed by atoms with Gasteiger partial charge in [-0.05, 0) is 36.6 Å². The van der Waals surface area contributed by atoms with Crippen LogP contribution < -0.4 is 4.72 Å². The van der Waals surface area contributed by atoms with Crippen molar-refractivity contribution in [3.8, 4) is 0 Å². The molecule has 2 heterocycles. The molecule has 6 heteroatoms. The van der Waals surface area contributed by atoms with Gasteiger partial charge in [0.05, 0.1) is 18.6 Å². The molecule has 0 unspecified atom stereocenters. The number of benzene rings is 1. The minimum Gasteiger partial charge on any atom is -0.468 e. The van der Waals surface area contributed by atoms with Gasteiger partial charge in [0, 0.05) is 13.1 Å². The highest BCUT2D eigenvalue weighted by Crippen LogP contribution is 2.18. The van der Waals surface area contributed by atoms with Crippen LogP contribution in [0.1, 0.15) is 17.7 Å². The minimum absolute atomic E-state index is 0.0384. The summed E-state index contributed by atoms with van der Waals surface area (Å²) in [6, 6.07) is 13.1. The molecule has 1 aromatic carbocycles. The zero-order valence-corrected chi connectivity index (χ0v) is 13.8. The lowest BCUT2D eigenvalue weighted by atomic mass is 10.1. The van der Waals surface area contributed by atoms with Gasteiger partial charge in [-0.1, -0.05) is 30.3 Å². The molecule has 5 nitrogen and oxygen atoms in total. The van der Waals surface area contributed by atoms with Gasteiger partial charge in [0.25, 0.3) is 0 Å². The van der Waals surface area contributed by atoms with Gasteiger partial charge in [-0.3, -0.25) is 4.90 Å². The van der Waals surface area contributed by atoms with Crippen LogP contribution in [0, 0.1) is 5.92 Å². The van der Waals surface area contributed by atoms with E-state index in [1.165, 1.54) is 0 Å². The monoisotopic (exact) mass is 334 g/mol. The molecule has 1 atom stereocenters. The summed E-state index contributed by atoms with van der Waals surface area (Å²) in [6.45, 7) is 3.17. The van der Waals surface area contributed by atoms with E-state index in [-0.39, 0.29) is 5.75 Å². The van der Waals surface area contributed by atoms with Gasteiger partial charge in [-0.2, -0.15) is 0 Å². The molecular weight excluding hydrogens is 312 g/mol. The highest BCUT2D eigenvalue weighted by molar-refractivity contribution is 7.88. The van der Waals surface area contributed by atoms with Crippen molar-refractivity contribution < 1.29 is 12.8 Å². The van der Waals surface area contributed by atoms with Gasteiger partial charge >= 0.3 is 0 Å². The van der Waals surface area contributed by atoms with E-state index in [1.54, 1.807) is 6.26 Å². The predicted octanol–water partition coefficient (Wildman–Crippen LogP) is 2.22. The predicted molar refractivity (Wildman–Crippen MR) is 89.2 cm³/mol. The Hall–Kier alpha value is -1.63. The Balaban J connectivity index is 1.45. The number of nitrogens with one attached hydrogen (secondary N) is 1. The van der Waals surface area contributed by atoms with Crippen molar-refractivity contribution in [3.63, 3.8) is 0 Å². The van der Waals surface area contributed by atoms with Crippen LogP contribution in [0.3, 0.4) is 0 Å². The number of likely N-dealkylation sites (tertiary alicyclic amines) is 1. The number of sulfonamides is 1. The number of furan rings is 1. The van der Waals surface area contributed by atoms with Gasteiger partial charge in [0.2, 0.25) is 10.0 Å². The number of nitrogens with zero attached hydrogens (tertiary/aromatic N) is 1. The zero-order chi connectivity index (χ0) is 16.1. The average molecular weight is 334 g/mol. The van der Waals surface area contributed by atoms with Crippen LogP contribution >= 0.6 is 0 Å². The molecule has 1 fully saturated rings. The number of hydrogen-bond acceptors (Lipinski definition) is 4. The molecule has 0 aliphatic carbocycles. The van der Waals surface area contributed by atoms with Crippen molar-refractivity contribution in [2.24, 2.45) is 5.92 Å². The summed E-state index contributed by atoms with van der Waals surface area (Å²) in [5.74, 6) is 1.35. The normalized spacial score (nSPS) is 19.2. The summed E-state index contributed by atoms with van der Waals surface area (Å²) in [4.78, 5) is 2.30. The lowest BCUT2D eigenvalue weighted by molar-refractivity contribution is 0.286. The SMILES string of the molecule is O=S(=O)(Cc1ccccc1)NC[C@H]1CCN(Cc2ccco2)C1. The second kappa shape index (κ2) is 7.29. The summed E-state index contributed by atoms with van der Waals surface area (Å²) in [7, 11) is -3.28. The van der Waals surface area contributed by atoms with Crippen LogP contribution in [-0.4, -0.2) is 33.0 Å². The molecule has 1 aromatic heterocycles. The first-order valence-electron chi connectivity index (χ1n) is 7.87. The van der Waals surface area contributed by atoms with E-state index in [4.69, 9.17) is 4.42 Å². The van der Waals surface area contributed by atoms with E-state index in [0.717, 1.165) is 37.4 Å². The Morgan fingerprint density at radius 2 is 2.00 bits per heavy atom. The van der Waals surface area contributed by atoms with Crippen molar-refractivity contribution in [3.05, 3.63) is 60.1 Å². The van der Waals surface area contributed by atoms with Crippen molar-refractivity contribution in [1.29, 1.82) is 0 Å². The highest BCUT2D eigenvalue weighted by atomic mass is 32.2. The van der Waals surface area contributed by atoms with E-state index in [2.05, 4.69) is 9.62 Å². The lowest BCUT2D eigenvalue weighted by Gasteiger charge is -2.15. The second-order valence-electron chi connectivity index (χ2n) is 6.06. The molecule has 124 valence electrons. The highest BCUT2D eigenvalue weighted by Gasteiger charge is 2.24. The molecule has 2 aromatic rings. The number of hydrogen-bond donors (Lipinski definition) is 1. The molecule has 1 saturated heterocycles. The topological polar surface area (TPSA) is 62.6 Å². The van der Waals surface area contributed by atoms with Gasteiger partial charge in [0.15, 0.2) is 0 Å². The second-order valence-corrected chi connectivity index (χ2v) is 7.87. The van der Waals surface area contributed by atoms with E-state index < -0.39 is 10.0 Å². The Labute approximate surface area is 137 Å². The van der Waals surface area contributed by atoms with Crippen molar-refractivity contribution in [2.45, 2.75) is 18.7 Å². The Morgan fingerprint density at radius 1 is 1.17 bits per heavy atom. The van der Waals surface area contributed by atoms with E-state index >= 15 is 0 Å². The fraction of sp³-hybridized carbons (Fsp3) is 0.412. The first-order chi connectivity index (χ1) is 11.1. The fourth-order valence-electron chi connectivity index (χ4n) is 2.94. The van der Waals surface area contributed by atoms with Crippen LogP contribution in [0.2, 0.25) is 0 Å². The van der Waals surface area contributed by atoms with Crippen LogP contribution in [0.4, 0.5) is 0 Å². The molecule has 1 aliphatic heterocycles. The molecule has 23 heavy (non-hydrogen) atoms. The Morgan fingerprint density at radius 3 is 2.74 bits per heavy atom. The third-order valence-electron chi connectivity index (χ3n) is 4.12. The maximum Gasteiger partial charge on any atom is 0.215 e. The van der Waals surface area contributed by atoms with E-state index in [0.29, 0.717) is 12.5 Å². The van der Waals surface area contributed by atoms with Crippen LogP contribution in [0.5, 0.6) is 0 Å². The molecule has 0 amide bonds.